The van der Waals surface area contributed by atoms with Gasteiger partial charge in [-0.05, 0) is 80.1 Å². The van der Waals surface area contributed by atoms with E-state index in [2.05, 4.69) is 0 Å². The molecule has 4 saturated heterocycles. The first-order valence-electron chi connectivity index (χ1n) is 13.3. The lowest BCUT2D eigenvalue weighted by Gasteiger charge is -2.35. The van der Waals surface area contributed by atoms with Gasteiger partial charge in [-0.2, -0.15) is 0 Å². The minimum absolute atomic E-state index is 0.0587. The smallest absolute Gasteiger partial charge is 0.410 e. The summed E-state index contributed by atoms with van der Waals surface area (Å²) in [5, 5.41) is 18.2. The van der Waals surface area contributed by atoms with Crippen LogP contribution in [0.15, 0.2) is 0 Å². The Bertz CT molecular complexity index is 687. The SMILES string of the molecule is CC(C)(C)OC(=O)N1CC[C@@H]2O[C@H](CO)CC[C@@H]21.CC(C)(C)OC(=O)N1CC[C@H]2O[C@H](CO)CC[C@H]21. The van der Waals surface area contributed by atoms with E-state index in [1.54, 1.807) is 9.80 Å². The lowest BCUT2D eigenvalue weighted by atomic mass is 9.99. The molecule has 0 unspecified atom stereocenters. The molecule has 10 heteroatoms. The molecule has 6 atom stereocenters. The number of nitrogens with zero attached hydrogens (tertiary/aromatic N) is 2. The lowest BCUT2D eigenvalue weighted by Crippen LogP contribution is -2.47. The van der Waals surface area contributed by atoms with Crippen LogP contribution in [0.5, 0.6) is 0 Å². The molecule has 2 amide bonds. The molecule has 0 saturated carbocycles. The summed E-state index contributed by atoms with van der Waals surface area (Å²) >= 11 is 0. The maximum absolute atomic E-state index is 12.1. The highest BCUT2D eigenvalue weighted by molar-refractivity contribution is 5.69. The normalized spacial score (nSPS) is 32.2. The summed E-state index contributed by atoms with van der Waals surface area (Å²) < 4.78 is 22.4. The van der Waals surface area contributed by atoms with Crippen molar-refractivity contribution < 1.29 is 38.7 Å². The predicted molar refractivity (Wildman–Crippen MR) is 133 cm³/mol. The van der Waals surface area contributed by atoms with E-state index in [0.717, 1.165) is 38.5 Å². The van der Waals surface area contributed by atoms with E-state index in [9.17, 15) is 9.59 Å². The first-order chi connectivity index (χ1) is 16.8. The highest BCUT2D eigenvalue weighted by atomic mass is 16.6. The molecule has 0 bridgehead atoms. The molecular weight excluding hydrogens is 468 g/mol. The third kappa shape index (κ3) is 7.69. The number of fused-ring (bicyclic) bond motifs is 2. The molecule has 10 nitrogen and oxygen atoms in total. The Kier molecular flexibility index (Phi) is 9.52. The van der Waals surface area contributed by atoms with Gasteiger partial charge in [0.05, 0.1) is 49.7 Å². The van der Waals surface area contributed by atoms with Crippen molar-refractivity contribution in [2.45, 2.75) is 128 Å². The van der Waals surface area contributed by atoms with E-state index < -0.39 is 11.2 Å². The van der Waals surface area contributed by atoms with Crippen LogP contribution in [0.3, 0.4) is 0 Å². The third-order valence-electron chi connectivity index (χ3n) is 6.93. The largest absolute Gasteiger partial charge is 0.444 e. The molecule has 36 heavy (non-hydrogen) atoms. The van der Waals surface area contributed by atoms with Crippen LogP contribution in [0.2, 0.25) is 0 Å². The maximum Gasteiger partial charge on any atom is 0.410 e. The number of amides is 2. The van der Waals surface area contributed by atoms with Gasteiger partial charge in [-0.25, -0.2) is 9.59 Å². The number of aliphatic hydroxyl groups is 2. The van der Waals surface area contributed by atoms with Crippen molar-refractivity contribution in [2.24, 2.45) is 0 Å². The van der Waals surface area contributed by atoms with Gasteiger partial charge >= 0.3 is 12.2 Å². The van der Waals surface area contributed by atoms with Gasteiger partial charge in [0.15, 0.2) is 0 Å². The van der Waals surface area contributed by atoms with Gasteiger partial charge in [0, 0.05) is 13.1 Å². The zero-order valence-electron chi connectivity index (χ0n) is 22.8. The van der Waals surface area contributed by atoms with Crippen molar-refractivity contribution in [3.63, 3.8) is 0 Å². The number of rotatable bonds is 2. The number of aliphatic hydroxyl groups excluding tert-OH is 2. The fourth-order valence-corrected chi connectivity index (χ4v) is 5.36. The van der Waals surface area contributed by atoms with Gasteiger partial charge in [-0.3, -0.25) is 0 Å². The minimum Gasteiger partial charge on any atom is -0.444 e. The quantitative estimate of drug-likeness (QED) is 0.577. The van der Waals surface area contributed by atoms with Crippen molar-refractivity contribution >= 4 is 12.2 Å². The lowest BCUT2D eigenvalue weighted by molar-refractivity contribution is -0.0877. The Labute approximate surface area is 215 Å². The number of likely N-dealkylation sites (tertiary alicyclic amines) is 2. The summed E-state index contributed by atoms with van der Waals surface area (Å²) in [6.07, 6.45) is 4.53. The number of hydrogen-bond donors (Lipinski definition) is 2. The zero-order chi connectivity index (χ0) is 26.7. The predicted octanol–water partition coefficient (Wildman–Crippen LogP) is 3.07. The highest BCUT2D eigenvalue weighted by Gasteiger charge is 2.44. The molecule has 0 spiro atoms. The summed E-state index contributed by atoms with van der Waals surface area (Å²) in [7, 11) is 0. The maximum atomic E-state index is 12.1. The Hall–Kier alpha value is -1.62. The molecule has 208 valence electrons. The van der Waals surface area contributed by atoms with Gasteiger partial charge < -0.3 is 39.0 Å². The van der Waals surface area contributed by atoms with Crippen molar-refractivity contribution in [1.82, 2.24) is 9.80 Å². The molecule has 4 heterocycles. The topological polar surface area (TPSA) is 118 Å². The van der Waals surface area contributed by atoms with Crippen LogP contribution < -0.4 is 0 Å². The number of carbonyl (C=O) groups is 2. The molecule has 4 rings (SSSR count). The molecule has 0 aromatic rings. The monoisotopic (exact) mass is 514 g/mol. The van der Waals surface area contributed by atoms with Gasteiger partial charge in [0.25, 0.3) is 0 Å². The van der Waals surface area contributed by atoms with Crippen LogP contribution in [0.4, 0.5) is 9.59 Å². The molecule has 0 aromatic heterocycles. The number of hydrogen-bond acceptors (Lipinski definition) is 8. The fraction of sp³-hybridized carbons (Fsp3) is 0.923. The standard InChI is InChI=1S/2C13H23NO4/c2*1-13(2,3)18-12(16)14-7-6-11-10(14)5-4-9(8-15)17-11/h2*9-11,15H,4-8H2,1-3H3/t9-,10+,11+;9-,10-,11-/m00/s1. The van der Waals surface area contributed by atoms with E-state index in [4.69, 9.17) is 29.2 Å². The third-order valence-corrected chi connectivity index (χ3v) is 6.93. The Morgan fingerprint density at radius 1 is 0.694 bits per heavy atom. The first-order valence-corrected chi connectivity index (χ1v) is 13.3. The molecule has 0 radical (unpaired) electrons. The van der Waals surface area contributed by atoms with E-state index in [0.29, 0.717) is 13.1 Å². The number of carbonyl (C=O) groups excluding carboxylic acids is 2. The molecule has 4 aliphatic heterocycles. The minimum atomic E-state index is -0.460. The van der Waals surface area contributed by atoms with Crippen molar-refractivity contribution in [3.8, 4) is 0 Å². The van der Waals surface area contributed by atoms with Crippen LogP contribution in [-0.4, -0.2) is 106 Å². The molecule has 4 aliphatic rings. The van der Waals surface area contributed by atoms with E-state index in [1.165, 1.54) is 0 Å². The summed E-state index contributed by atoms with van der Waals surface area (Å²) in [5.41, 5.74) is -0.920. The van der Waals surface area contributed by atoms with Crippen LogP contribution in [0, 0.1) is 0 Å². The van der Waals surface area contributed by atoms with Crippen molar-refractivity contribution in [1.29, 1.82) is 0 Å². The van der Waals surface area contributed by atoms with E-state index >= 15 is 0 Å². The second-order valence-corrected chi connectivity index (χ2v) is 12.2. The van der Waals surface area contributed by atoms with Gasteiger partial charge in [0.1, 0.15) is 11.2 Å². The Balaban J connectivity index is 0.000000201. The summed E-state index contributed by atoms with van der Waals surface area (Å²) in [4.78, 5) is 27.7. The molecule has 0 aromatic carbocycles. The Morgan fingerprint density at radius 2 is 1.06 bits per heavy atom. The highest BCUT2D eigenvalue weighted by Crippen LogP contribution is 2.33. The Morgan fingerprint density at radius 3 is 1.36 bits per heavy atom. The second kappa shape index (κ2) is 11.8. The van der Waals surface area contributed by atoms with Gasteiger partial charge in [0.2, 0.25) is 0 Å². The summed E-state index contributed by atoms with van der Waals surface area (Å²) in [6, 6.07) is 0.227. The van der Waals surface area contributed by atoms with Crippen LogP contribution in [0.1, 0.15) is 80.1 Å². The van der Waals surface area contributed by atoms with E-state index in [-0.39, 0.29) is 61.9 Å². The summed E-state index contributed by atoms with van der Waals surface area (Å²) in [5.74, 6) is 0. The average molecular weight is 515 g/mol. The van der Waals surface area contributed by atoms with Gasteiger partial charge in [-0.1, -0.05) is 0 Å². The molecule has 0 aliphatic carbocycles. The first kappa shape index (κ1) is 28.9. The van der Waals surface area contributed by atoms with E-state index in [1.807, 2.05) is 41.5 Å². The van der Waals surface area contributed by atoms with Crippen molar-refractivity contribution in [3.05, 3.63) is 0 Å². The second-order valence-electron chi connectivity index (χ2n) is 12.2. The zero-order valence-corrected chi connectivity index (χ0v) is 22.8. The molecular formula is C26H46N2O8. The van der Waals surface area contributed by atoms with Crippen LogP contribution in [-0.2, 0) is 18.9 Å². The molecule has 2 N–H and O–H groups in total. The fourth-order valence-electron chi connectivity index (χ4n) is 5.36. The number of ether oxygens (including phenoxy) is 4. The van der Waals surface area contributed by atoms with Crippen molar-refractivity contribution in [2.75, 3.05) is 26.3 Å². The average Bonchev–Trinajstić information content (AvgIpc) is 3.40. The van der Waals surface area contributed by atoms with Crippen LogP contribution >= 0.6 is 0 Å². The molecule has 4 fully saturated rings. The van der Waals surface area contributed by atoms with Gasteiger partial charge in [-0.15, -0.1) is 0 Å². The van der Waals surface area contributed by atoms with Crippen LogP contribution in [0.25, 0.3) is 0 Å². The summed E-state index contributed by atoms with van der Waals surface area (Å²) in [6.45, 7) is 12.7.